The molecule has 1 aromatic heterocycles. The molecule has 106 valence electrons. The number of benzene rings is 1. The number of carbonyl (C=O) groups excluding carboxylic acids is 1. The summed E-state index contributed by atoms with van der Waals surface area (Å²) >= 11 is 1.21. The van der Waals surface area contributed by atoms with E-state index in [1.54, 1.807) is 12.3 Å². The Kier molecular flexibility index (Phi) is 4.26. The molecule has 1 aromatic carbocycles. The molecular weight excluding hydrogens is 286 g/mol. The number of nitrogens with two attached hydrogens (primary N) is 1. The fourth-order valence-electron chi connectivity index (χ4n) is 1.39. The lowest BCUT2D eigenvalue weighted by Crippen LogP contribution is -2.20. The molecule has 2 amide bonds. The average Bonchev–Trinajstić information content (AvgIpc) is 2.81. The van der Waals surface area contributed by atoms with Crippen molar-refractivity contribution >= 4 is 28.2 Å². The van der Waals surface area contributed by atoms with Gasteiger partial charge in [-0.2, -0.15) is 0 Å². The lowest BCUT2D eigenvalue weighted by molar-refractivity contribution is 0.262. The summed E-state index contributed by atoms with van der Waals surface area (Å²) in [5, 5.41) is 6.78. The molecule has 0 bridgehead atoms. The van der Waals surface area contributed by atoms with E-state index in [1.165, 1.54) is 11.3 Å². The second kappa shape index (κ2) is 5.93. The molecule has 2 aromatic rings. The molecule has 0 aliphatic rings. The first-order valence-electron chi connectivity index (χ1n) is 5.70. The molecule has 1 heterocycles. The van der Waals surface area contributed by atoms with Crippen molar-refractivity contribution in [2.24, 2.45) is 5.73 Å². The highest BCUT2D eigenvalue weighted by molar-refractivity contribution is 7.13. The Morgan fingerprint density at radius 3 is 2.75 bits per heavy atom. The minimum atomic E-state index is -0.851. The Morgan fingerprint density at radius 2 is 2.15 bits per heavy atom. The van der Waals surface area contributed by atoms with E-state index in [4.69, 9.17) is 5.73 Å². The number of hydrogen-bond acceptors (Lipinski definition) is 4. The van der Waals surface area contributed by atoms with Crippen molar-refractivity contribution in [3.63, 3.8) is 0 Å². The van der Waals surface area contributed by atoms with Crippen LogP contribution in [0.25, 0.3) is 0 Å². The highest BCUT2D eigenvalue weighted by Crippen LogP contribution is 2.20. The van der Waals surface area contributed by atoms with E-state index in [0.717, 1.165) is 12.1 Å². The molecule has 0 aliphatic heterocycles. The van der Waals surface area contributed by atoms with Crippen LogP contribution in [0.2, 0.25) is 0 Å². The average molecular weight is 298 g/mol. The number of anilines is 2. The Morgan fingerprint density at radius 1 is 1.40 bits per heavy atom. The number of thiazole rings is 1. The molecule has 0 aliphatic carbocycles. The maximum absolute atomic E-state index is 13.3. The topological polar surface area (TPSA) is 80.0 Å². The van der Waals surface area contributed by atoms with E-state index < -0.39 is 17.7 Å². The summed E-state index contributed by atoms with van der Waals surface area (Å²) in [5.74, 6) is -1.56. The molecule has 0 radical (unpaired) electrons. The fourth-order valence-corrected chi connectivity index (χ4v) is 2.20. The number of nitrogens with zero attached hydrogens (tertiary/aromatic N) is 1. The lowest BCUT2D eigenvalue weighted by Gasteiger charge is -2.06. The number of urea groups is 1. The predicted octanol–water partition coefficient (Wildman–Crippen LogP) is 3.09. The van der Waals surface area contributed by atoms with Gasteiger partial charge in [0.1, 0.15) is 11.6 Å². The number of amides is 2. The smallest absolute Gasteiger partial charge is 0.323 e. The number of rotatable bonds is 3. The third-order valence-electron chi connectivity index (χ3n) is 2.39. The second-order valence-electron chi connectivity index (χ2n) is 4.07. The first-order chi connectivity index (χ1) is 9.45. The first kappa shape index (κ1) is 14.4. The molecule has 1 atom stereocenters. The Bertz CT molecular complexity index is 630. The van der Waals surface area contributed by atoms with Crippen LogP contribution < -0.4 is 16.4 Å². The number of halogens is 2. The highest BCUT2D eigenvalue weighted by Gasteiger charge is 2.11. The largest absolute Gasteiger partial charge is 0.325 e. The molecule has 5 nitrogen and oxygen atoms in total. The summed E-state index contributed by atoms with van der Waals surface area (Å²) in [6.45, 7) is 1.77. The molecule has 8 heteroatoms. The molecule has 0 spiro atoms. The SMILES string of the molecule is CC(N)c1csc(NC(=O)Nc2ccc(F)cc2F)n1. The summed E-state index contributed by atoms with van der Waals surface area (Å²) in [5.41, 5.74) is 6.18. The molecular formula is C12H12F2N4OS. The van der Waals surface area contributed by atoms with Gasteiger partial charge in [-0.05, 0) is 19.1 Å². The standard InChI is InChI=1S/C12H12F2N4OS/c1-6(15)10-5-20-12(17-10)18-11(19)16-9-3-2-7(13)4-8(9)14/h2-6H,15H2,1H3,(H2,16,17,18,19). The predicted molar refractivity (Wildman–Crippen MR) is 73.7 cm³/mol. The van der Waals surface area contributed by atoms with Crippen LogP contribution in [-0.2, 0) is 0 Å². The highest BCUT2D eigenvalue weighted by atomic mass is 32.1. The van der Waals surface area contributed by atoms with Crippen LogP contribution in [0.15, 0.2) is 23.6 Å². The number of carbonyl (C=O) groups is 1. The summed E-state index contributed by atoms with van der Waals surface area (Å²) in [7, 11) is 0. The van der Waals surface area contributed by atoms with E-state index in [-0.39, 0.29) is 11.7 Å². The van der Waals surface area contributed by atoms with Gasteiger partial charge in [-0.3, -0.25) is 5.32 Å². The fraction of sp³-hybridized carbons (Fsp3) is 0.167. The van der Waals surface area contributed by atoms with Crippen molar-refractivity contribution in [1.29, 1.82) is 0 Å². The van der Waals surface area contributed by atoms with Crippen molar-refractivity contribution in [3.05, 3.63) is 40.9 Å². The van der Waals surface area contributed by atoms with Gasteiger partial charge in [0.15, 0.2) is 5.13 Å². The third kappa shape index (κ3) is 3.49. The third-order valence-corrected chi connectivity index (χ3v) is 3.16. The lowest BCUT2D eigenvalue weighted by atomic mass is 10.3. The minimum Gasteiger partial charge on any atom is -0.323 e. The second-order valence-corrected chi connectivity index (χ2v) is 4.93. The Hall–Kier alpha value is -2.06. The minimum absolute atomic E-state index is 0.118. The van der Waals surface area contributed by atoms with Gasteiger partial charge in [0.2, 0.25) is 0 Å². The maximum Gasteiger partial charge on any atom is 0.325 e. The number of nitrogens with one attached hydrogen (secondary N) is 2. The summed E-state index contributed by atoms with van der Waals surface area (Å²) in [6.07, 6.45) is 0. The zero-order chi connectivity index (χ0) is 14.7. The number of hydrogen-bond donors (Lipinski definition) is 3. The van der Waals surface area contributed by atoms with Gasteiger partial charge in [0, 0.05) is 17.5 Å². The Labute approximate surface area is 117 Å². The van der Waals surface area contributed by atoms with E-state index in [2.05, 4.69) is 15.6 Å². The molecule has 1 unspecified atom stereocenters. The van der Waals surface area contributed by atoms with Crippen LogP contribution >= 0.6 is 11.3 Å². The van der Waals surface area contributed by atoms with Crippen LogP contribution in [0.3, 0.4) is 0 Å². The van der Waals surface area contributed by atoms with E-state index in [1.807, 2.05) is 0 Å². The molecule has 4 N–H and O–H groups in total. The maximum atomic E-state index is 13.3. The molecule has 0 fully saturated rings. The summed E-state index contributed by atoms with van der Waals surface area (Å²) in [6, 6.07) is 1.98. The molecule has 2 rings (SSSR count). The molecule has 20 heavy (non-hydrogen) atoms. The van der Waals surface area contributed by atoms with Crippen LogP contribution in [0.5, 0.6) is 0 Å². The van der Waals surface area contributed by atoms with Crippen LogP contribution in [0.4, 0.5) is 24.4 Å². The van der Waals surface area contributed by atoms with Gasteiger partial charge < -0.3 is 11.1 Å². The van der Waals surface area contributed by atoms with Crippen LogP contribution in [0, 0.1) is 11.6 Å². The van der Waals surface area contributed by atoms with Crippen molar-refractivity contribution < 1.29 is 13.6 Å². The summed E-state index contributed by atoms with van der Waals surface area (Å²) < 4.78 is 26.1. The van der Waals surface area contributed by atoms with Crippen molar-refractivity contribution in [3.8, 4) is 0 Å². The van der Waals surface area contributed by atoms with Gasteiger partial charge in [0.05, 0.1) is 11.4 Å². The molecule has 0 saturated carbocycles. The van der Waals surface area contributed by atoms with E-state index in [0.29, 0.717) is 16.9 Å². The van der Waals surface area contributed by atoms with Crippen LogP contribution in [0.1, 0.15) is 18.7 Å². The molecule has 0 saturated heterocycles. The van der Waals surface area contributed by atoms with E-state index >= 15 is 0 Å². The zero-order valence-electron chi connectivity index (χ0n) is 10.5. The van der Waals surface area contributed by atoms with Crippen molar-refractivity contribution in [1.82, 2.24) is 4.98 Å². The van der Waals surface area contributed by atoms with Crippen LogP contribution in [-0.4, -0.2) is 11.0 Å². The first-order valence-corrected chi connectivity index (χ1v) is 6.57. The normalized spacial score (nSPS) is 12.0. The van der Waals surface area contributed by atoms with Gasteiger partial charge in [0.25, 0.3) is 0 Å². The van der Waals surface area contributed by atoms with Gasteiger partial charge in [-0.1, -0.05) is 0 Å². The van der Waals surface area contributed by atoms with Crippen molar-refractivity contribution in [2.45, 2.75) is 13.0 Å². The van der Waals surface area contributed by atoms with Gasteiger partial charge in [-0.25, -0.2) is 18.6 Å². The van der Waals surface area contributed by atoms with Crippen molar-refractivity contribution in [2.75, 3.05) is 10.6 Å². The Balaban J connectivity index is 2.01. The number of aromatic nitrogens is 1. The van der Waals surface area contributed by atoms with Gasteiger partial charge in [-0.15, -0.1) is 11.3 Å². The monoisotopic (exact) mass is 298 g/mol. The zero-order valence-corrected chi connectivity index (χ0v) is 11.3. The van der Waals surface area contributed by atoms with E-state index in [9.17, 15) is 13.6 Å². The van der Waals surface area contributed by atoms with Gasteiger partial charge >= 0.3 is 6.03 Å². The summed E-state index contributed by atoms with van der Waals surface area (Å²) in [4.78, 5) is 15.7. The quantitative estimate of drug-likeness (QED) is 0.814.